The van der Waals surface area contributed by atoms with Gasteiger partial charge in [-0.25, -0.2) is 4.98 Å². The van der Waals surface area contributed by atoms with Crippen LogP contribution in [0.25, 0.3) is 0 Å². The maximum absolute atomic E-state index is 12.2. The van der Waals surface area contributed by atoms with Gasteiger partial charge in [0.05, 0.1) is 22.9 Å². The maximum Gasteiger partial charge on any atom is 0.316 e. The van der Waals surface area contributed by atoms with Gasteiger partial charge in [0, 0.05) is 18.7 Å². The van der Waals surface area contributed by atoms with E-state index in [1.807, 2.05) is 0 Å². The number of thioether (sulfide) groups is 2. The molecule has 2 heterocycles. The molecular formula is C12H16N2O3S2. The van der Waals surface area contributed by atoms with Crippen molar-refractivity contribution < 1.29 is 9.53 Å². The Morgan fingerprint density at radius 1 is 1.63 bits per heavy atom. The van der Waals surface area contributed by atoms with E-state index in [2.05, 4.69) is 11.9 Å². The Kier molecular flexibility index (Phi) is 4.57. The van der Waals surface area contributed by atoms with Crippen molar-refractivity contribution in [2.75, 3.05) is 12.4 Å². The number of carbonyl (C=O) groups is 1. The fraction of sp³-hybridized carbons (Fsp3) is 0.583. The van der Waals surface area contributed by atoms with Crippen LogP contribution in [0.2, 0.25) is 0 Å². The lowest BCUT2D eigenvalue weighted by Gasteiger charge is -2.08. The van der Waals surface area contributed by atoms with Crippen LogP contribution in [0.3, 0.4) is 0 Å². The molecule has 0 fully saturated rings. The van der Waals surface area contributed by atoms with E-state index in [-0.39, 0.29) is 17.3 Å². The Morgan fingerprint density at radius 3 is 3.05 bits per heavy atom. The predicted molar refractivity (Wildman–Crippen MR) is 75.9 cm³/mol. The lowest BCUT2D eigenvalue weighted by molar-refractivity contribution is -0.139. The van der Waals surface area contributed by atoms with Crippen LogP contribution >= 0.6 is 23.5 Å². The highest BCUT2D eigenvalue weighted by atomic mass is 32.2. The Morgan fingerprint density at radius 2 is 2.37 bits per heavy atom. The summed E-state index contributed by atoms with van der Waals surface area (Å²) in [5.41, 5.74) is 0.831. The SMILES string of the molecule is CCOC(=O)CSc1nc2c(c(=O)n1C)S[C@@H](C)C2. The summed E-state index contributed by atoms with van der Waals surface area (Å²) in [6.07, 6.45) is 0.809. The highest BCUT2D eigenvalue weighted by Crippen LogP contribution is 2.33. The Balaban J connectivity index is 2.19. The molecule has 0 spiro atoms. The molecule has 0 saturated heterocycles. The van der Waals surface area contributed by atoms with Crippen molar-refractivity contribution in [3.05, 3.63) is 16.0 Å². The van der Waals surface area contributed by atoms with Gasteiger partial charge < -0.3 is 4.74 Å². The van der Waals surface area contributed by atoms with E-state index in [0.717, 1.165) is 17.0 Å². The summed E-state index contributed by atoms with van der Waals surface area (Å²) < 4.78 is 6.37. The number of aromatic nitrogens is 2. The van der Waals surface area contributed by atoms with Gasteiger partial charge in [0.1, 0.15) is 0 Å². The molecule has 0 unspecified atom stereocenters. The smallest absolute Gasteiger partial charge is 0.316 e. The third-order valence-electron chi connectivity index (χ3n) is 2.70. The van der Waals surface area contributed by atoms with Crippen molar-refractivity contribution in [1.29, 1.82) is 0 Å². The quantitative estimate of drug-likeness (QED) is 0.477. The topological polar surface area (TPSA) is 61.2 Å². The summed E-state index contributed by atoms with van der Waals surface area (Å²) in [6, 6.07) is 0. The molecule has 0 bridgehead atoms. The molecule has 0 radical (unpaired) electrons. The van der Waals surface area contributed by atoms with Crippen LogP contribution in [0.15, 0.2) is 14.8 Å². The Labute approximate surface area is 120 Å². The van der Waals surface area contributed by atoms with Crippen LogP contribution in [-0.4, -0.2) is 33.1 Å². The average Bonchev–Trinajstić information content (AvgIpc) is 2.73. The van der Waals surface area contributed by atoms with Gasteiger partial charge in [0.15, 0.2) is 5.16 Å². The van der Waals surface area contributed by atoms with Gasteiger partial charge in [0.2, 0.25) is 0 Å². The Hall–Kier alpha value is -0.950. The van der Waals surface area contributed by atoms with E-state index in [1.54, 1.807) is 25.7 Å². The van der Waals surface area contributed by atoms with Crippen LogP contribution in [0, 0.1) is 0 Å². The first-order chi connectivity index (χ1) is 9.02. The fourth-order valence-corrected chi connectivity index (χ4v) is 3.76. The number of fused-ring (bicyclic) bond motifs is 1. The van der Waals surface area contributed by atoms with Gasteiger partial charge in [-0.05, 0) is 6.92 Å². The lowest BCUT2D eigenvalue weighted by atomic mass is 10.2. The molecule has 19 heavy (non-hydrogen) atoms. The molecule has 1 aromatic rings. The maximum atomic E-state index is 12.2. The van der Waals surface area contributed by atoms with Gasteiger partial charge in [0.25, 0.3) is 5.56 Å². The van der Waals surface area contributed by atoms with E-state index >= 15 is 0 Å². The van der Waals surface area contributed by atoms with Gasteiger partial charge in [-0.15, -0.1) is 11.8 Å². The third-order valence-corrected chi connectivity index (χ3v) is 4.92. The van der Waals surface area contributed by atoms with Crippen molar-refractivity contribution >= 4 is 29.5 Å². The highest BCUT2D eigenvalue weighted by molar-refractivity contribution is 8.00. The summed E-state index contributed by atoms with van der Waals surface area (Å²) in [6.45, 7) is 4.21. The summed E-state index contributed by atoms with van der Waals surface area (Å²) in [5, 5.41) is 0.965. The second kappa shape index (κ2) is 6.00. The van der Waals surface area contributed by atoms with Gasteiger partial charge >= 0.3 is 5.97 Å². The first-order valence-electron chi connectivity index (χ1n) is 6.08. The van der Waals surface area contributed by atoms with E-state index in [9.17, 15) is 9.59 Å². The Bertz CT molecular complexity index is 557. The molecule has 2 rings (SSSR count). The van der Waals surface area contributed by atoms with Gasteiger partial charge in [-0.2, -0.15) is 0 Å². The molecule has 1 aromatic heterocycles. The van der Waals surface area contributed by atoms with E-state index in [0.29, 0.717) is 17.0 Å². The van der Waals surface area contributed by atoms with Crippen molar-refractivity contribution in [1.82, 2.24) is 9.55 Å². The number of nitrogens with zero attached hydrogens (tertiary/aromatic N) is 2. The fourth-order valence-electron chi connectivity index (χ4n) is 1.83. The van der Waals surface area contributed by atoms with Crippen LogP contribution in [0.1, 0.15) is 19.5 Å². The highest BCUT2D eigenvalue weighted by Gasteiger charge is 2.25. The number of hydrogen-bond donors (Lipinski definition) is 0. The van der Waals surface area contributed by atoms with E-state index in [1.165, 1.54) is 16.3 Å². The number of hydrogen-bond acceptors (Lipinski definition) is 6. The van der Waals surface area contributed by atoms with Crippen molar-refractivity contribution in [3.8, 4) is 0 Å². The zero-order valence-electron chi connectivity index (χ0n) is 11.1. The average molecular weight is 300 g/mol. The number of carbonyl (C=O) groups excluding carboxylic acids is 1. The molecule has 104 valence electrons. The summed E-state index contributed by atoms with van der Waals surface area (Å²) in [5.74, 6) is -0.111. The van der Waals surface area contributed by atoms with Crippen LogP contribution < -0.4 is 5.56 Å². The molecule has 0 aromatic carbocycles. The summed E-state index contributed by atoms with van der Waals surface area (Å²) in [7, 11) is 1.69. The van der Waals surface area contributed by atoms with Crippen molar-refractivity contribution in [3.63, 3.8) is 0 Å². The first-order valence-corrected chi connectivity index (χ1v) is 7.94. The first kappa shape index (κ1) is 14.5. The second-order valence-electron chi connectivity index (χ2n) is 4.26. The van der Waals surface area contributed by atoms with Crippen LogP contribution in [-0.2, 0) is 23.0 Å². The molecule has 1 aliphatic heterocycles. The largest absolute Gasteiger partial charge is 0.465 e. The molecule has 0 N–H and O–H groups in total. The lowest BCUT2D eigenvalue weighted by Crippen LogP contribution is -2.22. The molecule has 0 aliphatic carbocycles. The second-order valence-corrected chi connectivity index (χ2v) is 6.65. The van der Waals surface area contributed by atoms with Crippen molar-refractivity contribution in [2.24, 2.45) is 7.05 Å². The summed E-state index contributed by atoms with van der Waals surface area (Å²) in [4.78, 5) is 28.7. The molecule has 1 atom stereocenters. The zero-order valence-corrected chi connectivity index (χ0v) is 12.8. The minimum atomic E-state index is -0.287. The molecule has 7 heteroatoms. The minimum Gasteiger partial charge on any atom is -0.465 e. The molecule has 5 nitrogen and oxygen atoms in total. The predicted octanol–water partition coefficient (Wildman–Crippen LogP) is 1.47. The third kappa shape index (κ3) is 3.14. The van der Waals surface area contributed by atoms with Gasteiger partial charge in [-0.1, -0.05) is 18.7 Å². The number of esters is 1. The zero-order chi connectivity index (χ0) is 14.0. The van der Waals surface area contributed by atoms with Gasteiger partial charge in [-0.3, -0.25) is 14.2 Å². The molecule has 1 aliphatic rings. The number of ether oxygens (including phenoxy) is 1. The number of rotatable bonds is 4. The minimum absolute atomic E-state index is 0.0225. The van der Waals surface area contributed by atoms with Crippen molar-refractivity contribution in [2.45, 2.75) is 35.6 Å². The van der Waals surface area contributed by atoms with Crippen LogP contribution in [0.4, 0.5) is 0 Å². The molecule has 0 amide bonds. The monoisotopic (exact) mass is 300 g/mol. The standard InChI is InChI=1S/C12H16N2O3S2/c1-4-17-9(15)6-18-12-13-8-5-7(2)19-10(8)11(16)14(12)3/h7H,4-6H2,1-3H3/t7-/m0/s1. The normalized spacial score (nSPS) is 17.3. The van der Waals surface area contributed by atoms with E-state index < -0.39 is 0 Å². The van der Waals surface area contributed by atoms with Crippen LogP contribution in [0.5, 0.6) is 0 Å². The molecular weight excluding hydrogens is 284 g/mol. The van der Waals surface area contributed by atoms with E-state index in [4.69, 9.17) is 4.74 Å². The molecule has 0 saturated carbocycles. The summed E-state index contributed by atoms with van der Waals surface area (Å²) >= 11 is 2.82.